The number of ether oxygens (including phenoxy) is 4. The highest BCUT2D eigenvalue weighted by molar-refractivity contribution is 5.82. The third-order valence-corrected chi connectivity index (χ3v) is 7.84. The maximum absolute atomic E-state index is 16.5. The highest BCUT2D eigenvalue weighted by Crippen LogP contribution is 2.35. The number of carbonyl (C=O) groups excluding carboxylic acids is 1. The van der Waals surface area contributed by atoms with Crippen molar-refractivity contribution in [2.75, 3.05) is 32.8 Å². The highest BCUT2D eigenvalue weighted by Gasteiger charge is 2.51. The summed E-state index contributed by atoms with van der Waals surface area (Å²) in [6.45, 7) is -0.764. The molecule has 0 bridgehead atoms. The van der Waals surface area contributed by atoms with Crippen molar-refractivity contribution < 1.29 is 58.8 Å². The average molecular weight is 670 g/mol. The Morgan fingerprint density at radius 2 is 1.70 bits per heavy atom. The Morgan fingerprint density at radius 1 is 1.02 bits per heavy atom. The Morgan fingerprint density at radius 3 is 2.30 bits per heavy atom. The van der Waals surface area contributed by atoms with Crippen molar-refractivity contribution in [2.24, 2.45) is 39.4 Å². The summed E-state index contributed by atoms with van der Waals surface area (Å²) in [6.07, 6.45) is -18.1. The molecule has 3 rings (SSSR count). The molecule has 2 saturated heterocycles. The number of aliphatic imine (C=N–C) groups is 1. The first-order valence-corrected chi connectivity index (χ1v) is 14.8. The van der Waals surface area contributed by atoms with E-state index in [9.17, 15) is 35.4 Å². The number of guanidine groups is 1. The van der Waals surface area contributed by atoms with Gasteiger partial charge in [-0.05, 0) is 13.0 Å². The van der Waals surface area contributed by atoms with Crippen LogP contribution < -0.4 is 45.0 Å². The number of hydrogen-bond acceptors (Lipinski definition) is 17. The molecule has 20 nitrogen and oxygen atoms in total. The lowest BCUT2D eigenvalue weighted by Crippen LogP contribution is -2.66. The monoisotopic (exact) mass is 669 g/mol. The number of rotatable bonds is 13. The maximum Gasteiger partial charge on any atom is 0.253 e. The molecule has 21 heteroatoms. The Balaban J connectivity index is 1.95. The van der Waals surface area contributed by atoms with Crippen LogP contribution in [0.25, 0.3) is 0 Å². The summed E-state index contributed by atoms with van der Waals surface area (Å²) in [5.74, 6) is -1.82. The molecule has 2 heterocycles. The molecule has 0 spiro atoms. The van der Waals surface area contributed by atoms with Gasteiger partial charge >= 0.3 is 0 Å². The zero-order valence-corrected chi connectivity index (χ0v) is 25.0. The summed E-state index contributed by atoms with van der Waals surface area (Å²) in [4.78, 5) is 16.6. The van der Waals surface area contributed by atoms with Crippen molar-refractivity contribution in [3.63, 3.8) is 0 Å². The van der Waals surface area contributed by atoms with E-state index >= 15 is 4.39 Å². The van der Waals surface area contributed by atoms with Crippen molar-refractivity contribution >= 4 is 11.9 Å². The molecule has 1 aliphatic carbocycles. The number of nitrogens with zero attached hydrogens (tertiary/aromatic N) is 1. The van der Waals surface area contributed by atoms with Crippen molar-refractivity contribution in [1.82, 2.24) is 10.6 Å². The lowest BCUT2D eigenvalue weighted by molar-refractivity contribution is -0.286. The molecule has 46 heavy (non-hydrogen) atoms. The van der Waals surface area contributed by atoms with Crippen molar-refractivity contribution in [3.05, 3.63) is 11.5 Å². The number of alkyl halides is 1. The van der Waals surface area contributed by atoms with E-state index in [2.05, 4.69) is 15.6 Å². The van der Waals surface area contributed by atoms with E-state index in [-0.39, 0.29) is 50.7 Å². The summed E-state index contributed by atoms with van der Waals surface area (Å²) in [6, 6.07) is -3.92. The minimum atomic E-state index is -2.33. The van der Waals surface area contributed by atoms with Crippen LogP contribution >= 0.6 is 0 Å². The van der Waals surface area contributed by atoms with E-state index in [1.165, 1.54) is 0 Å². The number of hydrogen-bond donors (Lipinski definition) is 14. The molecule has 266 valence electrons. The first-order chi connectivity index (χ1) is 21.8. The first kappa shape index (κ1) is 38.1. The van der Waals surface area contributed by atoms with E-state index in [0.29, 0.717) is 0 Å². The fourth-order valence-corrected chi connectivity index (χ4v) is 5.23. The van der Waals surface area contributed by atoms with Gasteiger partial charge < -0.3 is 94.6 Å². The Labute approximate surface area is 263 Å². The van der Waals surface area contributed by atoms with Gasteiger partial charge in [-0.15, -0.1) is 0 Å². The second-order valence-corrected chi connectivity index (χ2v) is 11.2. The van der Waals surface area contributed by atoms with Crippen LogP contribution in [0.2, 0.25) is 0 Å². The number of halogens is 1. The molecule has 2 fully saturated rings. The Hall–Kier alpha value is -2.35. The van der Waals surface area contributed by atoms with Gasteiger partial charge in [-0.25, -0.2) is 4.39 Å². The molecule has 14 atom stereocenters. The van der Waals surface area contributed by atoms with Gasteiger partial charge in [0.05, 0.1) is 30.9 Å². The van der Waals surface area contributed by atoms with Gasteiger partial charge in [0.2, 0.25) is 6.29 Å². The van der Waals surface area contributed by atoms with E-state index in [0.717, 1.165) is 0 Å². The number of nitrogens with one attached hydrogen (secondary N) is 2. The van der Waals surface area contributed by atoms with Crippen LogP contribution in [0.5, 0.6) is 0 Å². The lowest BCUT2D eigenvalue weighted by Gasteiger charge is -2.45. The molecule has 0 saturated carbocycles. The van der Waals surface area contributed by atoms with Crippen molar-refractivity contribution in [1.29, 1.82) is 0 Å². The van der Waals surface area contributed by atoms with Crippen LogP contribution in [-0.4, -0.2) is 161 Å². The number of nitrogens with two attached hydrogens (primary N) is 6. The summed E-state index contributed by atoms with van der Waals surface area (Å²) >= 11 is 0. The average Bonchev–Trinajstić information content (AvgIpc) is 3.02. The van der Waals surface area contributed by atoms with Crippen molar-refractivity contribution in [2.45, 2.75) is 98.6 Å². The normalized spacial score (nSPS) is 39.6. The molecule has 20 N–H and O–H groups in total. The molecule has 0 aromatic heterocycles. The predicted octanol–water partition coefficient (Wildman–Crippen LogP) is -8.10. The Bertz CT molecular complexity index is 1060. The van der Waals surface area contributed by atoms with Crippen molar-refractivity contribution in [3.8, 4) is 0 Å². The molecular formula is C25H48FN9O11. The standard InChI is InChI=1S/C25H48FN9O11/c26-13-20(45-23-14(31)18(40)17(39)11(6-29)43-23)8(30)5-9(34-22(42)10(37)1-2-27)21(13)46-24-19(41)15(16(38)12(7-36)44-24)35-25(32)33-4-3-28/h8,10-20,23-24,36-41H,1-7,27-31H2,(H,34,42)(H3,32,33,35)/t8?,10-,11?,12+,13?,14?,15?,16?,17+,18?,19+,20+,23+,24?/m0/s1. The summed E-state index contributed by atoms with van der Waals surface area (Å²) < 4.78 is 39.1. The van der Waals surface area contributed by atoms with Crippen LogP contribution in [0.4, 0.5) is 4.39 Å². The summed E-state index contributed by atoms with van der Waals surface area (Å²) in [7, 11) is 0. The van der Waals surface area contributed by atoms with Gasteiger partial charge in [0.15, 0.2) is 24.2 Å². The lowest BCUT2D eigenvalue weighted by atomic mass is 9.91. The number of amides is 1. The third-order valence-electron chi connectivity index (χ3n) is 7.84. The number of aliphatic hydroxyl groups excluding tert-OH is 6. The van der Waals surface area contributed by atoms with Crippen LogP contribution in [-0.2, 0) is 23.7 Å². The summed E-state index contributed by atoms with van der Waals surface area (Å²) in [5.41, 5.74) is 34.3. The van der Waals surface area contributed by atoms with E-state index in [1.807, 2.05) is 0 Å². The minimum Gasteiger partial charge on any atom is -0.461 e. The smallest absolute Gasteiger partial charge is 0.253 e. The number of aliphatic hydroxyl groups is 6. The SMILES string of the molecule is NCCN=C(N)NC1C(O)[C@@H](CO)OC(OC2=C(NC(=O)[C@@H](O)CCN)CC(N)[C@@H](O[C@H]3OC(CN)[C@@H](O)C(O)C3N)C2F)[C@@H]1O. The van der Waals surface area contributed by atoms with Gasteiger partial charge in [-0.1, -0.05) is 0 Å². The zero-order chi connectivity index (χ0) is 34.3. The quantitative estimate of drug-likeness (QED) is 0.0639. The Kier molecular flexibility index (Phi) is 14.2. The van der Waals surface area contributed by atoms with Gasteiger partial charge in [0, 0.05) is 25.6 Å². The zero-order valence-electron chi connectivity index (χ0n) is 25.0. The molecule has 8 unspecified atom stereocenters. The summed E-state index contributed by atoms with van der Waals surface area (Å²) in [5, 5.41) is 67.4. The van der Waals surface area contributed by atoms with Crippen LogP contribution in [0.3, 0.4) is 0 Å². The first-order valence-electron chi connectivity index (χ1n) is 14.8. The highest BCUT2D eigenvalue weighted by atomic mass is 19.1. The fraction of sp³-hybridized carbons (Fsp3) is 0.840. The molecule has 0 radical (unpaired) electrons. The van der Waals surface area contributed by atoms with E-state index in [4.69, 9.17) is 53.3 Å². The molecular weight excluding hydrogens is 621 g/mol. The molecule has 1 amide bonds. The largest absolute Gasteiger partial charge is 0.461 e. The predicted molar refractivity (Wildman–Crippen MR) is 156 cm³/mol. The van der Waals surface area contributed by atoms with Gasteiger partial charge in [0.1, 0.15) is 48.8 Å². The minimum absolute atomic E-state index is 0.0385. The molecule has 2 aliphatic heterocycles. The van der Waals surface area contributed by atoms with Crippen LogP contribution in [0.1, 0.15) is 12.8 Å². The van der Waals surface area contributed by atoms with Gasteiger partial charge in [-0.3, -0.25) is 9.79 Å². The molecule has 0 aromatic rings. The second kappa shape index (κ2) is 17.2. The van der Waals surface area contributed by atoms with Gasteiger partial charge in [-0.2, -0.15) is 0 Å². The van der Waals surface area contributed by atoms with E-state index in [1.54, 1.807) is 0 Å². The molecule has 3 aliphatic rings. The maximum atomic E-state index is 16.5. The number of carbonyl (C=O) groups is 1. The van der Waals surface area contributed by atoms with E-state index < -0.39 is 104 Å². The fourth-order valence-electron chi connectivity index (χ4n) is 5.23. The molecule has 0 aromatic carbocycles. The second-order valence-electron chi connectivity index (χ2n) is 11.2. The topological polar surface area (TPSA) is 368 Å². The van der Waals surface area contributed by atoms with Gasteiger partial charge in [0.25, 0.3) is 5.91 Å². The third kappa shape index (κ3) is 8.76. The van der Waals surface area contributed by atoms with Crippen LogP contribution in [0.15, 0.2) is 16.4 Å². The van der Waals surface area contributed by atoms with Crippen LogP contribution in [0, 0.1) is 0 Å².